The molecule has 0 bridgehead atoms. The van der Waals surface area contributed by atoms with E-state index in [2.05, 4.69) is 0 Å². The largest absolute Gasteiger partial charge is 0.344 e. The van der Waals surface area contributed by atoms with Crippen LogP contribution in [0, 0.1) is 0 Å². The molecule has 1 N–H and O–H groups in total. The normalized spacial score (nSPS) is 18.4. The van der Waals surface area contributed by atoms with Crippen LogP contribution in [0.15, 0.2) is 23.1 Å². The molecule has 0 spiro atoms. The Balaban J connectivity index is 2.11. The number of nitrogens with one attached hydrogen (secondary N) is 1. The average Bonchev–Trinajstić information content (AvgIpc) is 2.55. The standard InChI is InChI=1S/C15H21Cl2N3O3S/c1-11(15(21)18(2)3)19-6-8-20(9-7-19)24(22,23)14-10-12(16)4-5-13(14)17/h4-5,10-11H,6-9H2,1-3H3/p+1/t11-/m0/s1. The molecule has 0 radical (unpaired) electrons. The van der Waals surface area contributed by atoms with E-state index < -0.39 is 10.0 Å². The van der Waals surface area contributed by atoms with Gasteiger partial charge in [0.05, 0.1) is 31.2 Å². The van der Waals surface area contributed by atoms with Gasteiger partial charge in [-0.1, -0.05) is 23.2 Å². The van der Waals surface area contributed by atoms with Crippen LogP contribution in [0.1, 0.15) is 6.92 Å². The summed E-state index contributed by atoms with van der Waals surface area (Å²) in [6.45, 7) is 3.68. The van der Waals surface area contributed by atoms with Gasteiger partial charge in [-0.15, -0.1) is 0 Å². The van der Waals surface area contributed by atoms with Crippen molar-refractivity contribution in [2.45, 2.75) is 17.9 Å². The number of benzene rings is 1. The fourth-order valence-electron chi connectivity index (χ4n) is 2.82. The highest BCUT2D eigenvalue weighted by Gasteiger charge is 2.35. The molecule has 0 aliphatic carbocycles. The van der Waals surface area contributed by atoms with Gasteiger partial charge in [-0.05, 0) is 25.1 Å². The summed E-state index contributed by atoms with van der Waals surface area (Å²) in [6.07, 6.45) is 0. The predicted molar refractivity (Wildman–Crippen MR) is 94.1 cm³/mol. The molecule has 2 rings (SSSR count). The van der Waals surface area contributed by atoms with E-state index in [0.29, 0.717) is 31.2 Å². The topological polar surface area (TPSA) is 62.1 Å². The van der Waals surface area contributed by atoms with Crippen LogP contribution < -0.4 is 4.90 Å². The van der Waals surface area contributed by atoms with Gasteiger partial charge in [-0.25, -0.2) is 8.42 Å². The Labute approximate surface area is 153 Å². The summed E-state index contributed by atoms with van der Waals surface area (Å²) in [6, 6.07) is 4.21. The van der Waals surface area contributed by atoms with Crippen LogP contribution in [0.25, 0.3) is 0 Å². The first-order valence-corrected chi connectivity index (χ1v) is 9.85. The third-order valence-corrected chi connectivity index (χ3v) is 6.91. The smallest absolute Gasteiger partial charge is 0.280 e. The van der Waals surface area contributed by atoms with Crippen molar-refractivity contribution in [3.63, 3.8) is 0 Å². The number of sulfonamides is 1. The Hall–Kier alpha value is -0.860. The maximum atomic E-state index is 12.8. The minimum atomic E-state index is -3.69. The Morgan fingerprint density at radius 2 is 1.83 bits per heavy atom. The Bertz CT molecular complexity index is 717. The van der Waals surface area contributed by atoms with Gasteiger partial charge in [0.25, 0.3) is 5.91 Å². The Kier molecular flexibility index (Phi) is 6.14. The lowest BCUT2D eigenvalue weighted by Gasteiger charge is -2.35. The lowest BCUT2D eigenvalue weighted by Crippen LogP contribution is -3.19. The van der Waals surface area contributed by atoms with Gasteiger partial charge in [0.1, 0.15) is 4.90 Å². The molecule has 6 nitrogen and oxygen atoms in total. The quantitative estimate of drug-likeness (QED) is 0.801. The first-order valence-electron chi connectivity index (χ1n) is 7.65. The first kappa shape index (κ1) is 19.5. The predicted octanol–water partition coefficient (Wildman–Crippen LogP) is 0.359. The zero-order chi connectivity index (χ0) is 18.1. The maximum absolute atomic E-state index is 12.8. The van der Waals surface area contributed by atoms with Crippen molar-refractivity contribution in [2.75, 3.05) is 40.3 Å². The van der Waals surface area contributed by atoms with Gasteiger partial charge in [0.2, 0.25) is 10.0 Å². The van der Waals surface area contributed by atoms with Gasteiger partial charge in [-0.3, -0.25) is 4.79 Å². The van der Waals surface area contributed by atoms with E-state index in [4.69, 9.17) is 23.2 Å². The molecule has 9 heteroatoms. The third kappa shape index (κ3) is 4.03. The minimum Gasteiger partial charge on any atom is -0.344 e. The van der Waals surface area contributed by atoms with Crippen LogP contribution in [-0.4, -0.2) is 69.8 Å². The van der Waals surface area contributed by atoms with Gasteiger partial charge in [0.15, 0.2) is 6.04 Å². The van der Waals surface area contributed by atoms with Crippen LogP contribution in [0.2, 0.25) is 10.0 Å². The number of rotatable bonds is 4. The highest BCUT2D eigenvalue weighted by molar-refractivity contribution is 7.89. The van der Waals surface area contributed by atoms with E-state index in [0.717, 1.165) is 4.90 Å². The second-order valence-electron chi connectivity index (χ2n) is 6.09. The summed E-state index contributed by atoms with van der Waals surface area (Å²) in [5, 5.41) is 0.484. The molecule has 1 saturated heterocycles. The number of likely N-dealkylation sites (N-methyl/N-ethyl adjacent to an activating group) is 1. The van der Waals surface area contributed by atoms with Crippen LogP contribution in [0.3, 0.4) is 0 Å². The van der Waals surface area contributed by atoms with Gasteiger partial charge in [0, 0.05) is 19.1 Å². The second kappa shape index (κ2) is 7.58. The fraction of sp³-hybridized carbons (Fsp3) is 0.533. The van der Waals surface area contributed by atoms with Crippen LogP contribution >= 0.6 is 23.2 Å². The summed E-state index contributed by atoms with van der Waals surface area (Å²) in [7, 11) is -0.248. The number of carbonyl (C=O) groups is 1. The number of carbonyl (C=O) groups excluding carboxylic acids is 1. The maximum Gasteiger partial charge on any atom is 0.280 e. The number of quaternary nitrogens is 1. The average molecular weight is 395 g/mol. The van der Waals surface area contributed by atoms with Crippen LogP contribution in [0.5, 0.6) is 0 Å². The molecule has 1 atom stereocenters. The van der Waals surface area contributed by atoms with Gasteiger partial charge < -0.3 is 9.80 Å². The Morgan fingerprint density at radius 3 is 2.38 bits per heavy atom. The highest BCUT2D eigenvalue weighted by Crippen LogP contribution is 2.27. The number of piperazine rings is 1. The monoisotopic (exact) mass is 394 g/mol. The van der Waals surface area contributed by atoms with Crippen LogP contribution in [-0.2, 0) is 14.8 Å². The van der Waals surface area contributed by atoms with Crippen molar-refractivity contribution >= 4 is 39.1 Å². The third-order valence-electron chi connectivity index (χ3n) is 4.30. The van der Waals surface area contributed by atoms with E-state index in [9.17, 15) is 13.2 Å². The van der Waals surface area contributed by atoms with Crippen molar-refractivity contribution in [1.29, 1.82) is 0 Å². The number of hydrogen-bond donors (Lipinski definition) is 1. The zero-order valence-corrected chi connectivity index (χ0v) is 16.2. The second-order valence-corrected chi connectivity index (χ2v) is 8.84. The molecule has 24 heavy (non-hydrogen) atoms. The number of nitrogens with zero attached hydrogens (tertiary/aromatic N) is 2. The van der Waals surface area contributed by atoms with Crippen molar-refractivity contribution in [2.24, 2.45) is 0 Å². The lowest BCUT2D eigenvalue weighted by molar-refractivity contribution is -0.917. The summed E-state index contributed by atoms with van der Waals surface area (Å²) >= 11 is 11.9. The molecule has 1 fully saturated rings. The van der Waals surface area contributed by atoms with Crippen molar-refractivity contribution < 1.29 is 18.1 Å². The van der Waals surface area contributed by atoms with E-state index in [1.807, 2.05) is 6.92 Å². The molecule has 134 valence electrons. The van der Waals surface area contributed by atoms with E-state index in [-0.39, 0.29) is 21.9 Å². The molecule has 1 heterocycles. The number of amides is 1. The van der Waals surface area contributed by atoms with E-state index in [1.165, 1.54) is 16.4 Å². The molecule has 1 aromatic carbocycles. The van der Waals surface area contributed by atoms with Crippen molar-refractivity contribution in [3.05, 3.63) is 28.2 Å². The molecule has 0 aromatic heterocycles. The molecule has 1 aromatic rings. The van der Waals surface area contributed by atoms with Crippen LogP contribution in [0.4, 0.5) is 0 Å². The van der Waals surface area contributed by atoms with Crippen molar-refractivity contribution in [3.8, 4) is 0 Å². The first-order chi connectivity index (χ1) is 11.1. The fourth-order valence-corrected chi connectivity index (χ4v) is 5.00. The molecule has 1 aliphatic rings. The Morgan fingerprint density at radius 1 is 1.25 bits per heavy atom. The summed E-state index contributed by atoms with van der Waals surface area (Å²) < 4.78 is 27.0. The number of halogens is 2. The van der Waals surface area contributed by atoms with E-state index >= 15 is 0 Å². The molecule has 0 saturated carbocycles. The zero-order valence-electron chi connectivity index (χ0n) is 13.9. The van der Waals surface area contributed by atoms with Gasteiger partial charge in [-0.2, -0.15) is 4.31 Å². The van der Waals surface area contributed by atoms with E-state index in [1.54, 1.807) is 25.1 Å². The molecule has 1 amide bonds. The lowest BCUT2D eigenvalue weighted by atomic mass is 10.2. The molecule has 1 aliphatic heterocycles. The number of hydrogen-bond acceptors (Lipinski definition) is 3. The molecule has 0 unspecified atom stereocenters. The summed E-state index contributed by atoms with van der Waals surface area (Å²) in [5.74, 6) is 0.0409. The van der Waals surface area contributed by atoms with Crippen molar-refractivity contribution in [1.82, 2.24) is 9.21 Å². The summed E-state index contributed by atoms with van der Waals surface area (Å²) in [5.41, 5.74) is 0. The SMILES string of the molecule is C[C@@H](C(=O)N(C)C)[NH+]1CCN(S(=O)(=O)c2cc(Cl)ccc2Cl)CC1. The molecular weight excluding hydrogens is 373 g/mol. The summed E-state index contributed by atoms with van der Waals surface area (Å²) in [4.78, 5) is 14.7. The minimum absolute atomic E-state index is 0.0255. The molecular formula is C15H22Cl2N3O3S+. The van der Waals surface area contributed by atoms with Gasteiger partial charge >= 0.3 is 0 Å². The highest BCUT2D eigenvalue weighted by atomic mass is 35.5.